The van der Waals surface area contributed by atoms with E-state index in [1.807, 2.05) is 0 Å². The number of ether oxygens (including phenoxy) is 1. The number of hydrogen-bond donors (Lipinski definition) is 3. The van der Waals surface area contributed by atoms with Gasteiger partial charge in [-0.05, 0) is 0 Å². The second-order valence-electron chi connectivity index (χ2n) is 2.83. The molecule has 4 N–H and O–H groups in total. The van der Waals surface area contributed by atoms with Crippen molar-refractivity contribution in [3.05, 3.63) is 22.7 Å². The summed E-state index contributed by atoms with van der Waals surface area (Å²) >= 11 is 0. The summed E-state index contributed by atoms with van der Waals surface area (Å²) in [6, 6.07) is 1.34. The van der Waals surface area contributed by atoms with E-state index in [4.69, 9.17) is 10.5 Å². The molecule has 0 radical (unpaired) electrons. The summed E-state index contributed by atoms with van der Waals surface area (Å²) in [5.41, 5.74) is 5.29. The zero-order chi connectivity index (χ0) is 10.4. The molecule has 0 aliphatic rings. The van der Waals surface area contributed by atoms with E-state index in [1.165, 1.54) is 12.4 Å². The molecule has 1 unspecified atom stereocenters. The maximum atomic E-state index is 10.9. The lowest BCUT2D eigenvalue weighted by Gasteiger charge is -2.15. The van der Waals surface area contributed by atoms with Crippen molar-refractivity contribution in [2.24, 2.45) is 5.73 Å². The first-order valence-corrected chi connectivity index (χ1v) is 4.26. The first-order chi connectivity index (χ1) is 6.76. The van der Waals surface area contributed by atoms with E-state index >= 15 is 0 Å². The lowest BCUT2D eigenvalue weighted by atomic mass is 10.3. The molecule has 1 aromatic rings. The molecule has 0 aliphatic heterocycles. The van der Waals surface area contributed by atoms with Crippen molar-refractivity contribution in [2.75, 3.05) is 25.6 Å². The van der Waals surface area contributed by atoms with Crippen molar-refractivity contribution >= 4 is 5.82 Å². The van der Waals surface area contributed by atoms with Gasteiger partial charge < -0.3 is 20.8 Å². The van der Waals surface area contributed by atoms with Gasteiger partial charge in [-0.3, -0.25) is 4.79 Å². The third kappa shape index (κ3) is 3.15. The normalized spacial score (nSPS) is 12.4. The van der Waals surface area contributed by atoms with Crippen molar-refractivity contribution in [1.82, 2.24) is 9.97 Å². The van der Waals surface area contributed by atoms with E-state index in [0.717, 1.165) is 0 Å². The Kier molecular flexibility index (Phi) is 4.09. The van der Waals surface area contributed by atoms with Crippen LogP contribution in [0.2, 0.25) is 0 Å². The highest BCUT2D eigenvalue weighted by Gasteiger charge is 2.06. The highest BCUT2D eigenvalue weighted by atomic mass is 16.5. The maximum Gasteiger partial charge on any atom is 0.252 e. The summed E-state index contributed by atoms with van der Waals surface area (Å²) in [6.07, 6.45) is 1.34. The number of hydrogen-bond acceptors (Lipinski definition) is 5. The highest BCUT2D eigenvalue weighted by molar-refractivity contribution is 5.33. The summed E-state index contributed by atoms with van der Waals surface area (Å²) < 4.78 is 4.94. The molecule has 1 rings (SSSR count). The minimum Gasteiger partial charge on any atom is -0.383 e. The monoisotopic (exact) mass is 198 g/mol. The van der Waals surface area contributed by atoms with E-state index < -0.39 is 0 Å². The molecular formula is C8H14N4O2. The third-order valence-electron chi connectivity index (χ3n) is 1.68. The van der Waals surface area contributed by atoms with Crippen LogP contribution in [0.3, 0.4) is 0 Å². The van der Waals surface area contributed by atoms with Gasteiger partial charge in [0.1, 0.15) is 5.82 Å². The van der Waals surface area contributed by atoms with Crippen LogP contribution in [0.15, 0.2) is 17.2 Å². The fourth-order valence-corrected chi connectivity index (χ4v) is 1.03. The molecule has 1 aromatic heterocycles. The van der Waals surface area contributed by atoms with Gasteiger partial charge in [0.05, 0.1) is 19.0 Å². The minimum absolute atomic E-state index is 0.0331. The molecule has 0 aliphatic carbocycles. The molecular weight excluding hydrogens is 184 g/mol. The highest BCUT2D eigenvalue weighted by Crippen LogP contribution is 1.98. The van der Waals surface area contributed by atoms with Gasteiger partial charge in [-0.15, -0.1) is 0 Å². The number of anilines is 1. The van der Waals surface area contributed by atoms with Crippen LogP contribution < -0.4 is 16.6 Å². The first kappa shape index (κ1) is 10.7. The molecule has 1 heterocycles. The van der Waals surface area contributed by atoms with E-state index in [-0.39, 0.29) is 11.6 Å². The Morgan fingerprint density at radius 1 is 1.79 bits per heavy atom. The SMILES string of the molecule is COCC(CN)Nc1cc(=O)[nH]cn1. The smallest absolute Gasteiger partial charge is 0.252 e. The van der Waals surface area contributed by atoms with Crippen molar-refractivity contribution in [3.63, 3.8) is 0 Å². The number of nitrogens with one attached hydrogen (secondary N) is 2. The average molecular weight is 198 g/mol. The van der Waals surface area contributed by atoms with Gasteiger partial charge in [0.25, 0.3) is 5.56 Å². The summed E-state index contributed by atoms with van der Waals surface area (Å²) in [5.74, 6) is 0.501. The quantitative estimate of drug-likeness (QED) is 0.573. The zero-order valence-corrected chi connectivity index (χ0v) is 7.99. The number of nitrogens with two attached hydrogens (primary N) is 1. The van der Waals surface area contributed by atoms with E-state index in [2.05, 4.69) is 15.3 Å². The molecule has 0 bridgehead atoms. The molecule has 6 nitrogen and oxygen atoms in total. The second kappa shape index (κ2) is 5.36. The molecule has 78 valence electrons. The molecule has 0 saturated heterocycles. The Morgan fingerprint density at radius 3 is 3.14 bits per heavy atom. The largest absolute Gasteiger partial charge is 0.383 e. The van der Waals surface area contributed by atoms with E-state index in [1.54, 1.807) is 7.11 Å². The lowest BCUT2D eigenvalue weighted by molar-refractivity contribution is 0.187. The molecule has 14 heavy (non-hydrogen) atoms. The van der Waals surface area contributed by atoms with Crippen LogP contribution in [-0.4, -0.2) is 36.3 Å². The van der Waals surface area contributed by atoms with Crippen LogP contribution in [0.4, 0.5) is 5.82 Å². The average Bonchev–Trinajstić information content (AvgIpc) is 2.17. The van der Waals surface area contributed by atoms with Gasteiger partial charge in [-0.2, -0.15) is 0 Å². The summed E-state index contributed by atoms with van der Waals surface area (Å²) in [7, 11) is 1.59. The van der Waals surface area contributed by atoms with Gasteiger partial charge in [0.2, 0.25) is 0 Å². The fraction of sp³-hybridized carbons (Fsp3) is 0.500. The first-order valence-electron chi connectivity index (χ1n) is 4.26. The van der Waals surface area contributed by atoms with Crippen LogP contribution in [0.1, 0.15) is 0 Å². The predicted octanol–water partition coefficient (Wildman–Crippen LogP) is -0.844. The summed E-state index contributed by atoms with van der Waals surface area (Å²) in [5, 5.41) is 2.99. The Hall–Kier alpha value is -1.40. The van der Waals surface area contributed by atoms with Crippen LogP contribution in [0.5, 0.6) is 0 Å². The van der Waals surface area contributed by atoms with Gasteiger partial charge in [-0.1, -0.05) is 0 Å². The Bertz CT molecular complexity index is 325. The standard InChI is InChI=1S/C8H14N4O2/c1-14-4-6(3-9)12-7-2-8(13)11-5-10-7/h2,5-6H,3-4,9H2,1H3,(H2,10,11,12,13). The van der Waals surface area contributed by atoms with Crippen LogP contribution in [0, 0.1) is 0 Å². The number of rotatable bonds is 5. The van der Waals surface area contributed by atoms with Gasteiger partial charge in [-0.25, -0.2) is 4.98 Å². The molecule has 1 atom stereocenters. The molecule has 0 aromatic carbocycles. The molecule has 0 fully saturated rings. The Balaban J connectivity index is 2.62. The van der Waals surface area contributed by atoms with Gasteiger partial charge in [0, 0.05) is 19.7 Å². The van der Waals surface area contributed by atoms with Gasteiger partial charge in [0.15, 0.2) is 0 Å². The number of aromatic amines is 1. The van der Waals surface area contributed by atoms with Crippen LogP contribution in [-0.2, 0) is 4.74 Å². The van der Waals surface area contributed by atoms with E-state index in [0.29, 0.717) is 19.0 Å². The number of methoxy groups -OCH3 is 1. The molecule has 0 saturated carbocycles. The Morgan fingerprint density at radius 2 is 2.57 bits per heavy atom. The number of nitrogens with zero attached hydrogens (tertiary/aromatic N) is 1. The molecule has 0 spiro atoms. The van der Waals surface area contributed by atoms with Crippen molar-refractivity contribution in [2.45, 2.75) is 6.04 Å². The van der Waals surface area contributed by atoms with Crippen molar-refractivity contribution in [1.29, 1.82) is 0 Å². The minimum atomic E-state index is -0.198. The summed E-state index contributed by atoms with van der Waals surface area (Å²) in [6.45, 7) is 0.896. The number of aromatic nitrogens is 2. The maximum absolute atomic E-state index is 10.9. The predicted molar refractivity (Wildman–Crippen MR) is 53.2 cm³/mol. The zero-order valence-electron chi connectivity index (χ0n) is 7.99. The fourth-order valence-electron chi connectivity index (χ4n) is 1.03. The third-order valence-corrected chi connectivity index (χ3v) is 1.68. The Labute approximate surface area is 81.5 Å². The van der Waals surface area contributed by atoms with Crippen molar-refractivity contribution in [3.8, 4) is 0 Å². The molecule has 0 amide bonds. The second-order valence-corrected chi connectivity index (χ2v) is 2.83. The topological polar surface area (TPSA) is 93.0 Å². The summed E-state index contributed by atoms with van der Waals surface area (Å²) in [4.78, 5) is 17.3. The number of H-pyrrole nitrogens is 1. The van der Waals surface area contributed by atoms with Crippen molar-refractivity contribution < 1.29 is 4.74 Å². The van der Waals surface area contributed by atoms with Crippen LogP contribution >= 0.6 is 0 Å². The van der Waals surface area contributed by atoms with E-state index in [9.17, 15) is 4.79 Å². The molecule has 6 heteroatoms. The van der Waals surface area contributed by atoms with Crippen LogP contribution in [0.25, 0.3) is 0 Å². The lowest BCUT2D eigenvalue weighted by Crippen LogP contribution is -2.33. The van der Waals surface area contributed by atoms with Gasteiger partial charge >= 0.3 is 0 Å².